The molecule has 0 rings (SSSR count). The lowest BCUT2D eigenvalue weighted by Gasteiger charge is -2.18. The van der Waals surface area contributed by atoms with Crippen molar-refractivity contribution in [1.29, 1.82) is 0 Å². The smallest absolute Gasteiger partial charge is 0.306 e. The molecule has 1 atom stereocenters. The molecule has 436 valence electrons. The molecule has 0 spiro atoms. The number of allylic oxidation sites excluding steroid dienone is 10. The molecule has 0 fully saturated rings. The van der Waals surface area contributed by atoms with Crippen LogP contribution in [0.25, 0.3) is 0 Å². The molecule has 0 aliphatic carbocycles. The van der Waals surface area contributed by atoms with E-state index in [0.29, 0.717) is 19.3 Å². The first-order chi connectivity index (χ1) is 37.0. The number of carbonyl (C=O) groups is 3. The minimum atomic E-state index is -0.788. The molecule has 75 heavy (non-hydrogen) atoms. The number of rotatable bonds is 60. The number of hydrogen-bond donors (Lipinski definition) is 0. The summed E-state index contributed by atoms with van der Waals surface area (Å²) in [6.45, 7) is 6.52. The third kappa shape index (κ3) is 61.8. The van der Waals surface area contributed by atoms with Crippen molar-refractivity contribution in [2.24, 2.45) is 0 Å². The maximum absolute atomic E-state index is 12.9. The van der Waals surface area contributed by atoms with Gasteiger partial charge in [0, 0.05) is 19.3 Å². The van der Waals surface area contributed by atoms with Gasteiger partial charge >= 0.3 is 17.9 Å². The van der Waals surface area contributed by atoms with E-state index in [2.05, 4.69) is 81.5 Å². The van der Waals surface area contributed by atoms with Crippen molar-refractivity contribution >= 4 is 17.9 Å². The van der Waals surface area contributed by atoms with Gasteiger partial charge in [-0.05, 0) is 83.5 Å². The molecule has 6 heteroatoms. The van der Waals surface area contributed by atoms with Gasteiger partial charge in [-0.3, -0.25) is 14.4 Å². The summed E-state index contributed by atoms with van der Waals surface area (Å²) in [6.07, 6.45) is 81.0. The lowest BCUT2D eigenvalue weighted by atomic mass is 10.0. The zero-order valence-corrected chi connectivity index (χ0v) is 50.1. The van der Waals surface area contributed by atoms with Crippen LogP contribution in [-0.4, -0.2) is 37.2 Å². The van der Waals surface area contributed by atoms with Crippen molar-refractivity contribution in [2.75, 3.05) is 13.2 Å². The van der Waals surface area contributed by atoms with Gasteiger partial charge in [-0.25, -0.2) is 0 Å². The van der Waals surface area contributed by atoms with Crippen LogP contribution in [0, 0.1) is 0 Å². The average Bonchev–Trinajstić information content (AvgIpc) is 3.41. The van der Waals surface area contributed by atoms with E-state index in [9.17, 15) is 14.4 Å². The second-order valence-electron chi connectivity index (χ2n) is 22.0. The highest BCUT2D eigenvalue weighted by Crippen LogP contribution is 2.18. The zero-order chi connectivity index (χ0) is 54.3. The van der Waals surface area contributed by atoms with Gasteiger partial charge in [-0.1, -0.05) is 300 Å². The van der Waals surface area contributed by atoms with Crippen molar-refractivity contribution in [1.82, 2.24) is 0 Å². The van der Waals surface area contributed by atoms with Gasteiger partial charge in [-0.15, -0.1) is 0 Å². The van der Waals surface area contributed by atoms with Crippen LogP contribution in [0.1, 0.15) is 342 Å². The van der Waals surface area contributed by atoms with Crippen LogP contribution in [0.2, 0.25) is 0 Å². The van der Waals surface area contributed by atoms with Crippen LogP contribution >= 0.6 is 0 Å². The second kappa shape index (κ2) is 63.6. The molecule has 0 N–H and O–H groups in total. The van der Waals surface area contributed by atoms with Crippen molar-refractivity contribution < 1.29 is 28.6 Å². The van der Waals surface area contributed by atoms with Gasteiger partial charge in [0.2, 0.25) is 0 Å². The summed E-state index contributed by atoms with van der Waals surface area (Å²) in [5.41, 5.74) is 0. The SMILES string of the molecule is CC/C=C\C/C=C\C/C=C\CCCCCC(=O)OCC(COC(=O)CCCCCCCCCCCCCCCCCCCCCCCCCCC)OC(=O)CCCCCCCCCCC/C=C\C/C=C\CCCCC. The number of esters is 3. The minimum absolute atomic E-state index is 0.0823. The molecular formula is C69H124O6. The van der Waals surface area contributed by atoms with E-state index in [4.69, 9.17) is 14.2 Å². The van der Waals surface area contributed by atoms with Gasteiger partial charge in [0.25, 0.3) is 0 Å². The van der Waals surface area contributed by atoms with Crippen molar-refractivity contribution in [3.05, 3.63) is 60.8 Å². The molecule has 0 bridgehead atoms. The monoisotopic (exact) mass is 1050 g/mol. The second-order valence-corrected chi connectivity index (χ2v) is 22.0. The summed E-state index contributed by atoms with van der Waals surface area (Å²) in [4.78, 5) is 38.3. The highest BCUT2D eigenvalue weighted by Gasteiger charge is 2.19. The highest BCUT2D eigenvalue weighted by atomic mass is 16.6. The third-order valence-electron chi connectivity index (χ3n) is 14.5. The topological polar surface area (TPSA) is 78.9 Å². The molecule has 0 saturated carbocycles. The lowest BCUT2D eigenvalue weighted by molar-refractivity contribution is -0.167. The van der Waals surface area contributed by atoms with Gasteiger partial charge in [0.15, 0.2) is 6.10 Å². The standard InChI is InChI=1S/C69H124O6/c1-4-7-10-13-16-19-22-25-27-29-31-32-33-34-35-36-38-39-41-44-47-50-53-56-59-62-68(71)74-65-66(64-73-67(70)61-58-55-52-49-46-43-24-21-18-15-12-9-6-3)75-69(72)63-60-57-54-51-48-45-42-40-37-30-28-26-23-20-17-14-11-8-5-2/h9,12,17-18,20-21,26,28,43,46,66H,4-8,10-11,13-16,19,22-25,27,29-42,44-45,47-65H2,1-3H3/b12-9-,20-17-,21-18-,28-26-,46-43-. The fourth-order valence-corrected chi connectivity index (χ4v) is 9.61. The predicted octanol–water partition coefficient (Wildman–Crippen LogP) is 22.3. The molecule has 0 saturated heterocycles. The van der Waals surface area contributed by atoms with E-state index in [-0.39, 0.29) is 31.1 Å². The van der Waals surface area contributed by atoms with Gasteiger partial charge in [0.1, 0.15) is 13.2 Å². The van der Waals surface area contributed by atoms with Crippen LogP contribution in [0.3, 0.4) is 0 Å². The van der Waals surface area contributed by atoms with E-state index in [0.717, 1.165) is 89.9 Å². The van der Waals surface area contributed by atoms with E-state index in [1.54, 1.807) is 0 Å². The van der Waals surface area contributed by atoms with Crippen LogP contribution in [-0.2, 0) is 28.6 Å². The Bertz CT molecular complexity index is 1340. The van der Waals surface area contributed by atoms with E-state index >= 15 is 0 Å². The summed E-state index contributed by atoms with van der Waals surface area (Å²) in [7, 11) is 0. The summed E-state index contributed by atoms with van der Waals surface area (Å²) in [6, 6.07) is 0. The zero-order valence-electron chi connectivity index (χ0n) is 50.1. The largest absolute Gasteiger partial charge is 0.462 e. The molecule has 0 aromatic heterocycles. The van der Waals surface area contributed by atoms with Crippen LogP contribution in [0.5, 0.6) is 0 Å². The highest BCUT2D eigenvalue weighted by molar-refractivity contribution is 5.71. The molecule has 1 unspecified atom stereocenters. The number of carbonyl (C=O) groups excluding carboxylic acids is 3. The summed E-state index contributed by atoms with van der Waals surface area (Å²) >= 11 is 0. The maximum Gasteiger partial charge on any atom is 0.306 e. The Hall–Kier alpha value is -2.89. The van der Waals surface area contributed by atoms with E-state index in [1.807, 2.05) is 0 Å². The van der Waals surface area contributed by atoms with Crippen LogP contribution in [0.4, 0.5) is 0 Å². The minimum Gasteiger partial charge on any atom is -0.462 e. The molecule has 0 aliphatic heterocycles. The molecule has 0 aliphatic rings. The van der Waals surface area contributed by atoms with Gasteiger partial charge in [-0.2, -0.15) is 0 Å². The Labute approximate surface area is 466 Å². The predicted molar refractivity (Wildman–Crippen MR) is 325 cm³/mol. The van der Waals surface area contributed by atoms with Crippen molar-refractivity contribution in [2.45, 2.75) is 348 Å². The molecule has 6 nitrogen and oxygen atoms in total. The van der Waals surface area contributed by atoms with E-state index in [1.165, 1.54) is 212 Å². The lowest BCUT2D eigenvalue weighted by Crippen LogP contribution is -2.30. The molecule has 0 aromatic carbocycles. The normalized spacial score (nSPS) is 12.4. The quantitative estimate of drug-likeness (QED) is 0.0261. The molecule has 0 radical (unpaired) electrons. The Kier molecular flexibility index (Phi) is 61.2. The first-order valence-corrected chi connectivity index (χ1v) is 32.8. The summed E-state index contributed by atoms with van der Waals surface area (Å²) < 4.78 is 16.9. The maximum atomic E-state index is 12.9. The summed E-state index contributed by atoms with van der Waals surface area (Å²) in [5, 5.41) is 0. The molecule has 0 heterocycles. The summed E-state index contributed by atoms with van der Waals surface area (Å²) in [5.74, 6) is -0.899. The first kappa shape index (κ1) is 72.1. The van der Waals surface area contributed by atoms with Crippen LogP contribution in [0.15, 0.2) is 60.8 Å². The Morgan fingerprint density at radius 1 is 0.280 bits per heavy atom. The molecule has 0 amide bonds. The van der Waals surface area contributed by atoms with E-state index < -0.39 is 6.10 Å². The number of unbranched alkanes of at least 4 members (excludes halogenated alkanes) is 39. The number of ether oxygens (including phenoxy) is 3. The van der Waals surface area contributed by atoms with Crippen molar-refractivity contribution in [3.63, 3.8) is 0 Å². The first-order valence-electron chi connectivity index (χ1n) is 32.8. The van der Waals surface area contributed by atoms with Crippen LogP contribution < -0.4 is 0 Å². The third-order valence-corrected chi connectivity index (χ3v) is 14.5. The fourth-order valence-electron chi connectivity index (χ4n) is 9.61. The Balaban J connectivity index is 4.27. The van der Waals surface area contributed by atoms with Crippen molar-refractivity contribution in [3.8, 4) is 0 Å². The molecular weight excluding hydrogens is 925 g/mol. The number of hydrogen-bond acceptors (Lipinski definition) is 6. The average molecular weight is 1050 g/mol. The fraction of sp³-hybridized carbons (Fsp3) is 0.812. The van der Waals surface area contributed by atoms with Gasteiger partial charge < -0.3 is 14.2 Å². The van der Waals surface area contributed by atoms with Gasteiger partial charge in [0.05, 0.1) is 0 Å². The molecule has 0 aromatic rings. The Morgan fingerprint density at radius 2 is 0.520 bits per heavy atom. The Morgan fingerprint density at radius 3 is 0.853 bits per heavy atom.